The molecule has 0 radical (unpaired) electrons. The fraction of sp³-hybridized carbons (Fsp3) is 0.857. The molecule has 1 amide bonds. The highest BCUT2D eigenvalue weighted by Gasteiger charge is 2.36. The lowest BCUT2D eigenvalue weighted by Gasteiger charge is -2.40. The highest BCUT2D eigenvalue weighted by atomic mass is 16.6. The van der Waals surface area contributed by atoms with Crippen LogP contribution in [-0.2, 0) is 9.53 Å². The number of amides is 1. The molecule has 1 saturated heterocycles. The van der Waals surface area contributed by atoms with Crippen molar-refractivity contribution in [3.05, 3.63) is 0 Å². The van der Waals surface area contributed by atoms with Crippen LogP contribution in [0.5, 0.6) is 0 Å². The number of likely N-dealkylation sites (tertiary alicyclic amines) is 1. The molecule has 1 rings (SSSR count). The zero-order valence-corrected chi connectivity index (χ0v) is 13.0. The first kappa shape index (κ1) is 16.8. The van der Waals surface area contributed by atoms with E-state index in [-0.39, 0.29) is 12.6 Å². The molecule has 0 unspecified atom stereocenters. The van der Waals surface area contributed by atoms with Gasteiger partial charge in [0.05, 0.1) is 5.92 Å². The van der Waals surface area contributed by atoms with Crippen LogP contribution in [0.3, 0.4) is 0 Å². The van der Waals surface area contributed by atoms with Crippen molar-refractivity contribution in [1.82, 2.24) is 9.80 Å². The molecule has 116 valence electrons. The van der Waals surface area contributed by atoms with Crippen molar-refractivity contribution in [2.45, 2.75) is 45.8 Å². The standard InChI is InChI=1S/C14H26N2O4/c1-6-15(5)11-7-10(12(17)18)8-16(9-11)13(19)20-14(2,3)4/h10-11H,6-9H2,1-5H3,(H,17,18)/t10-,11-/m0/s1. The number of ether oxygens (including phenoxy) is 1. The van der Waals surface area contributed by atoms with E-state index < -0.39 is 23.6 Å². The number of rotatable bonds is 3. The van der Waals surface area contributed by atoms with Crippen LogP contribution >= 0.6 is 0 Å². The molecular formula is C14H26N2O4. The normalized spacial score (nSPS) is 23.8. The summed E-state index contributed by atoms with van der Waals surface area (Å²) in [5, 5.41) is 9.25. The third-order valence-electron chi connectivity index (χ3n) is 3.55. The summed E-state index contributed by atoms with van der Waals surface area (Å²) in [5.74, 6) is -1.39. The number of hydrogen-bond acceptors (Lipinski definition) is 4. The van der Waals surface area contributed by atoms with E-state index in [9.17, 15) is 14.7 Å². The van der Waals surface area contributed by atoms with Crippen LogP contribution in [0.15, 0.2) is 0 Å². The summed E-state index contributed by atoms with van der Waals surface area (Å²) in [6, 6.07) is 0.0577. The Kier molecular flexibility index (Phi) is 5.39. The van der Waals surface area contributed by atoms with Crippen molar-refractivity contribution in [3.8, 4) is 0 Å². The maximum atomic E-state index is 12.1. The SMILES string of the molecule is CCN(C)[C@H]1C[C@H](C(=O)O)CN(C(=O)OC(C)(C)C)C1. The van der Waals surface area contributed by atoms with Crippen molar-refractivity contribution in [3.63, 3.8) is 0 Å². The minimum absolute atomic E-state index is 0.0577. The number of carbonyl (C=O) groups excluding carboxylic acids is 1. The van der Waals surface area contributed by atoms with E-state index in [4.69, 9.17) is 4.74 Å². The largest absolute Gasteiger partial charge is 0.481 e. The first-order valence-electron chi connectivity index (χ1n) is 7.05. The highest BCUT2D eigenvalue weighted by molar-refractivity contribution is 5.73. The Morgan fingerprint density at radius 1 is 1.35 bits per heavy atom. The second-order valence-corrected chi connectivity index (χ2v) is 6.38. The minimum atomic E-state index is -0.854. The van der Waals surface area contributed by atoms with Crippen LogP contribution in [0, 0.1) is 5.92 Å². The Balaban J connectivity index is 2.79. The summed E-state index contributed by atoms with van der Waals surface area (Å²) in [7, 11) is 1.95. The van der Waals surface area contributed by atoms with Crippen molar-refractivity contribution >= 4 is 12.1 Å². The number of likely N-dealkylation sites (N-methyl/N-ethyl adjacent to an activating group) is 1. The van der Waals surface area contributed by atoms with Gasteiger partial charge in [0.2, 0.25) is 0 Å². The maximum Gasteiger partial charge on any atom is 0.410 e. The van der Waals surface area contributed by atoms with Crippen molar-refractivity contribution in [2.75, 3.05) is 26.7 Å². The number of nitrogens with zero attached hydrogens (tertiary/aromatic N) is 2. The number of carbonyl (C=O) groups is 2. The Bertz CT molecular complexity index is 365. The van der Waals surface area contributed by atoms with E-state index in [1.807, 2.05) is 14.0 Å². The van der Waals surface area contributed by atoms with E-state index in [1.165, 1.54) is 4.90 Å². The zero-order chi connectivity index (χ0) is 15.5. The second kappa shape index (κ2) is 6.43. The van der Waals surface area contributed by atoms with Gasteiger partial charge in [0.1, 0.15) is 5.60 Å². The monoisotopic (exact) mass is 286 g/mol. The number of hydrogen-bond donors (Lipinski definition) is 1. The van der Waals surface area contributed by atoms with E-state index in [1.54, 1.807) is 20.8 Å². The average Bonchev–Trinajstić information content (AvgIpc) is 2.35. The van der Waals surface area contributed by atoms with Gasteiger partial charge in [0, 0.05) is 19.1 Å². The molecule has 6 nitrogen and oxygen atoms in total. The first-order valence-corrected chi connectivity index (χ1v) is 7.05. The number of piperidine rings is 1. The molecule has 1 fully saturated rings. The van der Waals surface area contributed by atoms with Gasteiger partial charge in [-0.05, 0) is 40.8 Å². The molecule has 20 heavy (non-hydrogen) atoms. The van der Waals surface area contributed by atoms with Gasteiger partial charge in [-0.3, -0.25) is 4.79 Å². The van der Waals surface area contributed by atoms with Crippen LogP contribution < -0.4 is 0 Å². The Labute approximate surface area is 120 Å². The topological polar surface area (TPSA) is 70.1 Å². The van der Waals surface area contributed by atoms with E-state index >= 15 is 0 Å². The maximum absolute atomic E-state index is 12.1. The molecule has 0 aliphatic carbocycles. The Morgan fingerprint density at radius 2 is 1.95 bits per heavy atom. The summed E-state index contributed by atoms with van der Waals surface area (Å²) in [5.41, 5.74) is -0.570. The Hall–Kier alpha value is -1.30. The Morgan fingerprint density at radius 3 is 2.40 bits per heavy atom. The smallest absolute Gasteiger partial charge is 0.410 e. The zero-order valence-electron chi connectivity index (χ0n) is 13.0. The predicted octanol–water partition coefficient (Wildman–Crippen LogP) is 1.65. The quantitative estimate of drug-likeness (QED) is 0.854. The van der Waals surface area contributed by atoms with Gasteiger partial charge in [0.25, 0.3) is 0 Å². The molecule has 0 saturated carbocycles. The molecule has 0 aromatic rings. The summed E-state index contributed by atoms with van der Waals surface area (Å²) in [4.78, 5) is 27.0. The number of carboxylic acids is 1. The molecule has 1 aliphatic rings. The lowest BCUT2D eigenvalue weighted by molar-refractivity contribution is -0.144. The molecule has 1 N–H and O–H groups in total. The molecular weight excluding hydrogens is 260 g/mol. The fourth-order valence-electron chi connectivity index (χ4n) is 2.30. The molecule has 6 heteroatoms. The van der Waals surface area contributed by atoms with Crippen LogP contribution in [0.2, 0.25) is 0 Å². The minimum Gasteiger partial charge on any atom is -0.481 e. The second-order valence-electron chi connectivity index (χ2n) is 6.38. The van der Waals surface area contributed by atoms with E-state index in [0.29, 0.717) is 13.0 Å². The lowest BCUT2D eigenvalue weighted by atomic mass is 9.93. The average molecular weight is 286 g/mol. The number of aliphatic carboxylic acids is 1. The van der Waals surface area contributed by atoms with Gasteiger partial charge in [0.15, 0.2) is 0 Å². The molecule has 1 aliphatic heterocycles. The van der Waals surface area contributed by atoms with E-state index in [0.717, 1.165) is 6.54 Å². The molecule has 0 aromatic heterocycles. The third kappa shape index (κ3) is 4.67. The van der Waals surface area contributed by atoms with Gasteiger partial charge < -0.3 is 19.6 Å². The van der Waals surface area contributed by atoms with E-state index in [2.05, 4.69) is 4.90 Å². The first-order chi connectivity index (χ1) is 9.14. The fourth-order valence-corrected chi connectivity index (χ4v) is 2.30. The molecule has 1 heterocycles. The van der Waals surface area contributed by atoms with Crippen LogP contribution in [0.4, 0.5) is 4.79 Å². The summed E-state index contributed by atoms with van der Waals surface area (Å²) in [6.07, 6.45) is 0.136. The van der Waals surface area contributed by atoms with Crippen molar-refractivity contribution in [2.24, 2.45) is 5.92 Å². The summed E-state index contributed by atoms with van der Waals surface area (Å²) in [6.45, 7) is 8.99. The highest BCUT2D eigenvalue weighted by Crippen LogP contribution is 2.22. The third-order valence-corrected chi connectivity index (χ3v) is 3.55. The molecule has 0 bridgehead atoms. The van der Waals surface area contributed by atoms with Gasteiger partial charge >= 0.3 is 12.1 Å². The molecule has 2 atom stereocenters. The molecule has 0 aromatic carbocycles. The molecule has 0 spiro atoms. The van der Waals surface area contributed by atoms with Gasteiger partial charge in [-0.25, -0.2) is 4.79 Å². The lowest BCUT2D eigenvalue weighted by Crippen LogP contribution is -2.54. The predicted molar refractivity (Wildman–Crippen MR) is 75.6 cm³/mol. The number of carboxylic acid groups (broad SMARTS) is 1. The van der Waals surface area contributed by atoms with Crippen LogP contribution in [0.25, 0.3) is 0 Å². The van der Waals surface area contributed by atoms with Crippen LogP contribution in [-0.4, -0.2) is 65.3 Å². The van der Waals surface area contributed by atoms with Gasteiger partial charge in [-0.15, -0.1) is 0 Å². The summed E-state index contributed by atoms with van der Waals surface area (Å²) < 4.78 is 5.34. The van der Waals surface area contributed by atoms with Crippen LogP contribution in [0.1, 0.15) is 34.1 Å². The van der Waals surface area contributed by atoms with Crippen molar-refractivity contribution in [1.29, 1.82) is 0 Å². The van der Waals surface area contributed by atoms with Crippen molar-refractivity contribution < 1.29 is 19.4 Å². The van der Waals surface area contributed by atoms with Gasteiger partial charge in [-0.1, -0.05) is 6.92 Å². The van der Waals surface area contributed by atoms with Gasteiger partial charge in [-0.2, -0.15) is 0 Å². The summed E-state index contributed by atoms with van der Waals surface area (Å²) >= 11 is 0.